The molecule has 0 amide bonds. The second-order valence-corrected chi connectivity index (χ2v) is 6.35. The van der Waals surface area contributed by atoms with E-state index in [1.54, 1.807) is 0 Å². The lowest BCUT2D eigenvalue weighted by atomic mass is 10.1. The number of rotatable bonds is 5. The molecule has 0 N–H and O–H groups in total. The predicted octanol–water partition coefficient (Wildman–Crippen LogP) is 0.378. The zero-order valence-electron chi connectivity index (χ0n) is 11.0. The van der Waals surface area contributed by atoms with E-state index in [1.165, 1.54) is 28.3 Å². The van der Waals surface area contributed by atoms with Gasteiger partial charge in [0.15, 0.2) is 0 Å². The molecule has 0 aromatic carbocycles. The maximum Gasteiger partial charge on any atom is 0.306 e. The van der Waals surface area contributed by atoms with Crippen LogP contribution in [0.15, 0.2) is 11.6 Å². The number of nitrogens with zero attached hydrogens (tertiary/aromatic N) is 2. The number of ether oxygens (including phenoxy) is 1. The van der Waals surface area contributed by atoms with E-state index in [1.807, 2.05) is 13.0 Å². The molecular formula is C11H20N2O4S. The van der Waals surface area contributed by atoms with E-state index < -0.39 is 16.2 Å². The number of carbonyl (C=O) groups excluding carboxylic acids is 1. The van der Waals surface area contributed by atoms with Crippen LogP contribution in [-0.4, -0.2) is 56.8 Å². The average Bonchev–Trinajstić information content (AvgIpc) is 2.35. The Morgan fingerprint density at radius 2 is 2.22 bits per heavy atom. The van der Waals surface area contributed by atoms with E-state index in [0.717, 1.165) is 6.42 Å². The van der Waals surface area contributed by atoms with Gasteiger partial charge in [-0.2, -0.15) is 17.0 Å². The highest BCUT2D eigenvalue weighted by atomic mass is 32.2. The maximum absolute atomic E-state index is 12.2. The summed E-state index contributed by atoms with van der Waals surface area (Å²) in [6.45, 7) is 3.02. The minimum absolute atomic E-state index is 0.0644. The Labute approximate surface area is 108 Å². The van der Waals surface area contributed by atoms with Gasteiger partial charge in [0.05, 0.1) is 13.5 Å². The van der Waals surface area contributed by atoms with E-state index in [4.69, 9.17) is 0 Å². The van der Waals surface area contributed by atoms with Gasteiger partial charge < -0.3 is 4.74 Å². The maximum atomic E-state index is 12.2. The summed E-state index contributed by atoms with van der Waals surface area (Å²) in [5, 5.41) is 0. The normalized spacial score (nSPS) is 17.7. The van der Waals surface area contributed by atoms with E-state index in [2.05, 4.69) is 4.74 Å². The Kier molecular flexibility index (Phi) is 5.30. The molecule has 0 aliphatic carbocycles. The second-order valence-electron chi connectivity index (χ2n) is 4.31. The molecule has 1 aliphatic heterocycles. The first-order valence-electron chi connectivity index (χ1n) is 5.81. The van der Waals surface area contributed by atoms with Crippen LogP contribution in [-0.2, 0) is 19.7 Å². The molecule has 104 valence electrons. The van der Waals surface area contributed by atoms with Gasteiger partial charge in [-0.25, -0.2) is 0 Å². The van der Waals surface area contributed by atoms with E-state index >= 15 is 0 Å². The molecule has 0 bridgehead atoms. The molecule has 0 fully saturated rings. The van der Waals surface area contributed by atoms with E-state index in [0.29, 0.717) is 13.1 Å². The van der Waals surface area contributed by atoms with Crippen LogP contribution in [0.1, 0.15) is 19.8 Å². The summed E-state index contributed by atoms with van der Waals surface area (Å²) in [4.78, 5) is 11.0. The van der Waals surface area contributed by atoms with Gasteiger partial charge >= 0.3 is 5.97 Å². The highest BCUT2D eigenvalue weighted by Gasteiger charge is 2.27. The van der Waals surface area contributed by atoms with Crippen molar-refractivity contribution in [2.75, 3.05) is 33.8 Å². The number of hydrogen-bond acceptors (Lipinski definition) is 4. The standard InChI is InChI=1S/C11H20N2O4S/c1-10-4-8-13(9-5-10)18(15,16)12(2)7-6-11(14)17-3/h4H,5-9H2,1-3H3. The molecule has 0 aromatic rings. The van der Waals surface area contributed by atoms with Gasteiger partial charge in [0.2, 0.25) is 0 Å². The number of hydrogen-bond donors (Lipinski definition) is 0. The van der Waals surface area contributed by atoms with Crippen LogP contribution in [0.3, 0.4) is 0 Å². The smallest absolute Gasteiger partial charge is 0.306 e. The van der Waals surface area contributed by atoms with Crippen molar-refractivity contribution in [3.8, 4) is 0 Å². The summed E-state index contributed by atoms with van der Waals surface area (Å²) in [6, 6.07) is 0. The first kappa shape index (κ1) is 15.1. The van der Waals surface area contributed by atoms with Gasteiger partial charge in [-0.1, -0.05) is 11.6 Å². The largest absolute Gasteiger partial charge is 0.469 e. The zero-order valence-corrected chi connectivity index (χ0v) is 11.9. The lowest BCUT2D eigenvalue weighted by molar-refractivity contribution is -0.140. The van der Waals surface area contributed by atoms with E-state index in [-0.39, 0.29) is 13.0 Å². The molecule has 6 nitrogen and oxygen atoms in total. The van der Waals surface area contributed by atoms with Crippen LogP contribution in [0, 0.1) is 0 Å². The molecule has 7 heteroatoms. The van der Waals surface area contributed by atoms with Gasteiger partial charge in [0, 0.05) is 26.7 Å². The molecule has 0 spiro atoms. The van der Waals surface area contributed by atoms with Crippen molar-refractivity contribution in [1.29, 1.82) is 0 Å². The Balaban J connectivity index is 2.60. The topological polar surface area (TPSA) is 66.9 Å². The molecule has 0 radical (unpaired) electrons. The molecular weight excluding hydrogens is 256 g/mol. The summed E-state index contributed by atoms with van der Waals surface area (Å²) < 4.78 is 31.4. The summed E-state index contributed by atoms with van der Waals surface area (Å²) in [7, 11) is -0.713. The SMILES string of the molecule is COC(=O)CCN(C)S(=O)(=O)N1CC=C(C)CC1. The van der Waals surface area contributed by atoms with Crippen molar-refractivity contribution in [2.45, 2.75) is 19.8 Å². The monoisotopic (exact) mass is 276 g/mol. The van der Waals surface area contributed by atoms with Gasteiger partial charge in [0.25, 0.3) is 10.2 Å². The molecule has 1 rings (SSSR count). The van der Waals surface area contributed by atoms with Crippen LogP contribution in [0.5, 0.6) is 0 Å². The molecule has 0 saturated heterocycles. The lowest BCUT2D eigenvalue weighted by Crippen LogP contribution is -2.44. The molecule has 0 aromatic heterocycles. The van der Waals surface area contributed by atoms with E-state index in [9.17, 15) is 13.2 Å². The zero-order chi connectivity index (χ0) is 13.8. The van der Waals surface area contributed by atoms with Crippen LogP contribution in [0.2, 0.25) is 0 Å². The summed E-state index contributed by atoms with van der Waals surface area (Å²) in [5.41, 5.74) is 1.21. The minimum atomic E-state index is -3.48. The van der Waals surface area contributed by atoms with Crippen molar-refractivity contribution in [2.24, 2.45) is 0 Å². The number of esters is 1. The molecule has 0 unspecified atom stereocenters. The first-order chi connectivity index (χ1) is 8.37. The van der Waals surface area contributed by atoms with Gasteiger partial charge in [0.1, 0.15) is 0 Å². The number of methoxy groups -OCH3 is 1. The van der Waals surface area contributed by atoms with Crippen LogP contribution in [0.4, 0.5) is 0 Å². The minimum Gasteiger partial charge on any atom is -0.469 e. The Morgan fingerprint density at radius 1 is 1.56 bits per heavy atom. The van der Waals surface area contributed by atoms with Crippen molar-refractivity contribution in [1.82, 2.24) is 8.61 Å². The van der Waals surface area contributed by atoms with Gasteiger partial charge in [-0.3, -0.25) is 4.79 Å². The van der Waals surface area contributed by atoms with Crippen molar-refractivity contribution >= 4 is 16.2 Å². The van der Waals surface area contributed by atoms with Crippen LogP contribution < -0.4 is 0 Å². The third kappa shape index (κ3) is 3.79. The summed E-state index contributed by atoms with van der Waals surface area (Å²) in [5.74, 6) is -0.411. The van der Waals surface area contributed by atoms with Gasteiger partial charge in [-0.05, 0) is 13.3 Å². The predicted molar refractivity (Wildman–Crippen MR) is 68.1 cm³/mol. The van der Waals surface area contributed by atoms with Crippen molar-refractivity contribution in [3.63, 3.8) is 0 Å². The molecule has 0 atom stereocenters. The molecule has 0 saturated carbocycles. The lowest BCUT2D eigenvalue weighted by Gasteiger charge is -2.29. The van der Waals surface area contributed by atoms with Gasteiger partial charge in [-0.15, -0.1) is 0 Å². The molecule has 1 heterocycles. The fourth-order valence-corrected chi connectivity index (χ4v) is 2.93. The quantitative estimate of drug-likeness (QED) is 0.538. The van der Waals surface area contributed by atoms with Crippen LogP contribution >= 0.6 is 0 Å². The Morgan fingerprint density at radius 3 is 2.72 bits per heavy atom. The third-order valence-corrected chi connectivity index (χ3v) is 4.93. The van der Waals surface area contributed by atoms with Crippen molar-refractivity contribution in [3.05, 3.63) is 11.6 Å². The number of carbonyl (C=O) groups is 1. The average molecular weight is 276 g/mol. The Hall–Kier alpha value is -0.920. The summed E-state index contributed by atoms with van der Waals surface area (Å²) in [6.07, 6.45) is 2.73. The Bertz CT molecular complexity index is 430. The van der Waals surface area contributed by atoms with Crippen molar-refractivity contribution < 1.29 is 17.9 Å². The fourth-order valence-electron chi connectivity index (χ4n) is 1.62. The fraction of sp³-hybridized carbons (Fsp3) is 0.727. The second kappa shape index (κ2) is 6.31. The van der Waals surface area contributed by atoms with Crippen LogP contribution in [0.25, 0.3) is 0 Å². The molecule has 1 aliphatic rings. The first-order valence-corrected chi connectivity index (χ1v) is 7.21. The highest BCUT2D eigenvalue weighted by Crippen LogP contribution is 2.15. The highest BCUT2D eigenvalue weighted by molar-refractivity contribution is 7.86. The summed E-state index contributed by atoms with van der Waals surface area (Å²) >= 11 is 0. The third-order valence-electron chi connectivity index (χ3n) is 2.98. The molecule has 18 heavy (non-hydrogen) atoms.